The van der Waals surface area contributed by atoms with Crippen molar-refractivity contribution in [2.24, 2.45) is 7.05 Å². The summed E-state index contributed by atoms with van der Waals surface area (Å²) < 4.78 is 6.95. The predicted molar refractivity (Wildman–Crippen MR) is 103 cm³/mol. The second-order valence-corrected chi connectivity index (χ2v) is 6.77. The van der Waals surface area contributed by atoms with Gasteiger partial charge in [-0.25, -0.2) is 4.68 Å². The lowest BCUT2D eigenvalue weighted by atomic mass is 9.84. The number of ether oxygens (including phenoxy) is 1. The van der Waals surface area contributed by atoms with Crippen LogP contribution in [0.4, 0.5) is 0 Å². The molecule has 0 radical (unpaired) electrons. The first-order chi connectivity index (χ1) is 13.0. The number of fused-ring (bicyclic) bond motifs is 1. The van der Waals surface area contributed by atoms with Crippen molar-refractivity contribution in [2.45, 2.75) is 39.7 Å². The Morgan fingerprint density at radius 2 is 2.04 bits per heavy atom. The van der Waals surface area contributed by atoms with E-state index < -0.39 is 0 Å². The van der Waals surface area contributed by atoms with Gasteiger partial charge in [-0.2, -0.15) is 0 Å². The van der Waals surface area contributed by atoms with Gasteiger partial charge in [-0.05, 0) is 54.7 Å². The molecule has 0 aliphatic rings. The second-order valence-electron chi connectivity index (χ2n) is 6.77. The van der Waals surface area contributed by atoms with Crippen molar-refractivity contribution >= 4 is 17.0 Å². The van der Waals surface area contributed by atoms with Gasteiger partial charge in [-0.3, -0.25) is 4.79 Å². The standard InChI is InChI=1S/C21H25N3O3/c1-5-27-20(26)11-18(15-7-6-13(2)16(10-15)12-25)17-8-9-19-21(14(17)3)22-23-24(19)4/h6-10,18,25H,5,11-12H2,1-4H3. The third-order valence-corrected chi connectivity index (χ3v) is 5.08. The number of rotatable bonds is 6. The van der Waals surface area contributed by atoms with Crippen molar-refractivity contribution in [3.8, 4) is 0 Å². The number of esters is 1. The summed E-state index contributed by atoms with van der Waals surface area (Å²) in [5.74, 6) is -0.423. The summed E-state index contributed by atoms with van der Waals surface area (Å²) in [6.45, 7) is 6.09. The molecule has 6 heteroatoms. The quantitative estimate of drug-likeness (QED) is 0.677. The highest BCUT2D eigenvalue weighted by Crippen LogP contribution is 2.34. The summed E-state index contributed by atoms with van der Waals surface area (Å²) in [6, 6.07) is 9.98. The molecule has 3 rings (SSSR count). The molecule has 0 spiro atoms. The smallest absolute Gasteiger partial charge is 0.306 e. The summed E-state index contributed by atoms with van der Waals surface area (Å²) in [4.78, 5) is 12.3. The lowest BCUT2D eigenvalue weighted by Gasteiger charge is -2.21. The van der Waals surface area contributed by atoms with Gasteiger partial charge in [0.25, 0.3) is 0 Å². The third kappa shape index (κ3) is 3.71. The van der Waals surface area contributed by atoms with E-state index in [4.69, 9.17) is 4.74 Å². The zero-order valence-electron chi connectivity index (χ0n) is 16.2. The van der Waals surface area contributed by atoms with E-state index in [1.54, 1.807) is 11.6 Å². The number of hydrogen-bond acceptors (Lipinski definition) is 5. The van der Waals surface area contributed by atoms with Crippen LogP contribution < -0.4 is 0 Å². The molecule has 2 aromatic carbocycles. The van der Waals surface area contributed by atoms with Crippen molar-refractivity contribution in [1.82, 2.24) is 15.0 Å². The van der Waals surface area contributed by atoms with Crippen molar-refractivity contribution in [3.63, 3.8) is 0 Å². The number of aromatic nitrogens is 3. The molecule has 0 bridgehead atoms. The molecule has 0 amide bonds. The first kappa shape index (κ1) is 19.0. The van der Waals surface area contributed by atoms with Crippen LogP contribution in [0.2, 0.25) is 0 Å². The number of hydrogen-bond donors (Lipinski definition) is 1. The number of aryl methyl sites for hydroxylation is 3. The molecule has 142 valence electrons. The van der Waals surface area contributed by atoms with E-state index in [0.717, 1.165) is 38.9 Å². The zero-order chi connectivity index (χ0) is 19.6. The Labute approximate surface area is 158 Å². The van der Waals surface area contributed by atoms with Crippen LogP contribution in [-0.4, -0.2) is 32.7 Å². The monoisotopic (exact) mass is 367 g/mol. The Kier molecular flexibility index (Phi) is 5.56. The molecule has 0 fully saturated rings. The lowest BCUT2D eigenvalue weighted by Crippen LogP contribution is -2.13. The lowest BCUT2D eigenvalue weighted by molar-refractivity contribution is -0.143. The molecule has 27 heavy (non-hydrogen) atoms. The molecule has 1 unspecified atom stereocenters. The third-order valence-electron chi connectivity index (χ3n) is 5.08. The molecule has 6 nitrogen and oxygen atoms in total. The number of nitrogens with zero attached hydrogens (tertiary/aromatic N) is 3. The van der Waals surface area contributed by atoms with Crippen molar-refractivity contribution < 1.29 is 14.6 Å². The summed E-state index contributed by atoms with van der Waals surface area (Å²) >= 11 is 0. The fourth-order valence-electron chi connectivity index (χ4n) is 3.50. The van der Waals surface area contributed by atoms with Crippen LogP contribution >= 0.6 is 0 Å². The van der Waals surface area contributed by atoms with Crippen LogP contribution in [-0.2, 0) is 23.2 Å². The summed E-state index contributed by atoms with van der Waals surface area (Å²) in [5, 5.41) is 18.0. The van der Waals surface area contributed by atoms with Gasteiger partial charge in [0.2, 0.25) is 0 Å². The summed E-state index contributed by atoms with van der Waals surface area (Å²) in [6.07, 6.45) is 0.231. The Balaban J connectivity index is 2.12. The molecule has 1 atom stereocenters. The van der Waals surface area contributed by atoms with Crippen LogP contribution in [0, 0.1) is 13.8 Å². The number of aliphatic hydroxyl groups is 1. The fourth-order valence-corrected chi connectivity index (χ4v) is 3.50. The zero-order valence-corrected chi connectivity index (χ0v) is 16.2. The minimum atomic E-state index is -0.243. The van der Waals surface area contributed by atoms with Gasteiger partial charge in [0.1, 0.15) is 5.52 Å². The van der Waals surface area contributed by atoms with E-state index in [-0.39, 0.29) is 24.9 Å². The SMILES string of the molecule is CCOC(=O)CC(c1ccc(C)c(CO)c1)c1ccc2c(nnn2C)c1C. The van der Waals surface area contributed by atoms with E-state index in [1.807, 2.05) is 51.2 Å². The first-order valence-corrected chi connectivity index (χ1v) is 9.11. The molecule has 1 N–H and O–H groups in total. The average Bonchev–Trinajstić information content (AvgIpc) is 3.03. The van der Waals surface area contributed by atoms with Crippen LogP contribution in [0.15, 0.2) is 30.3 Å². The molecule has 0 saturated heterocycles. The van der Waals surface area contributed by atoms with Crippen LogP contribution in [0.25, 0.3) is 11.0 Å². The largest absolute Gasteiger partial charge is 0.466 e. The number of carbonyl (C=O) groups is 1. The minimum absolute atomic E-state index is 0.0338. The Hall–Kier alpha value is -2.73. The van der Waals surface area contributed by atoms with Gasteiger partial charge in [0, 0.05) is 13.0 Å². The van der Waals surface area contributed by atoms with Crippen molar-refractivity contribution in [2.75, 3.05) is 6.61 Å². The topological polar surface area (TPSA) is 77.2 Å². The van der Waals surface area contributed by atoms with Gasteiger partial charge >= 0.3 is 5.97 Å². The molecule has 1 heterocycles. The number of carbonyl (C=O) groups excluding carboxylic acids is 1. The second kappa shape index (κ2) is 7.88. The molecule has 1 aromatic heterocycles. The first-order valence-electron chi connectivity index (χ1n) is 9.11. The van der Waals surface area contributed by atoms with E-state index >= 15 is 0 Å². The number of benzene rings is 2. The minimum Gasteiger partial charge on any atom is -0.466 e. The predicted octanol–water partition coefficient (Wildman–Crippen LogP) is 3.16. The highest BCUT2D eigenvalue weighted by Gasteiger charge is 2.23. The van der Waals surface area contributed by atoms with Gasteiger partial charge in [-0.15, -0.1) is 5.10 Å². The van der Waals surface area contributed by atoms with Crippen molar-refractivity contribution in [3.05, 3.63) is 58.1 Å². The van der Waals surface area contributed by atoms with Crippen LogP contribution in [0.1, 0.15) is 47.1 Å². The fraction of sp³-hybridized carbons (Fsp3) is 0.381. The van der Waals surface area contributed by atoms with Gasteiger partial charge < -0.3 is 9.84 Å². The van der Waals surface area contributed by atoms with Crippen LogP contribution in [0.3, 0.4) is 0 Å². The van der Waals surface area contributed by atoms with Gasteiger partial charge in [0.15, 0.2) is 0 Å². The highest BCUT2D eigenvalue weighted by molar-refractivity contribution is 5.80. The van der Waals surface area contributed by atoms with E-state index in [1.165, 1.54) is 0 Å². The summed E-state index contributed by atoms with van der Waals surface area (Å²) in [7, 11) is 1.86. The van der Waals surface area contributed by atoms with E-state index in [2.05, 4.69) is 10.3 Å². The van der Waals surface area contributed by atoms with E-state index in [9.17, 15) is 9.90 Å². The molecule has 3 aromatic rings. The maximum Gasteiger partial charge on any atom is 0.306 e. The van der Waals surface area contributed by atoms with Gasteiger partial charge in [-0.1, -0.05) is 29.5 Å². The van der Waals surface area contributed by atoms with Crippen LogP contribution in [0.5, 0.6) is 0 Å². The van der Waals surface area contributed by atoms with E-state index in [0.29, 0.717) is 6.61 Å². The molecular formula is C21H25N3O3. The molecule has 0 aliphatic heterocycles. The summed E-state index contributed by atoms with van der Waals surface area (Å²) in [5.41, 5.74) is 6.66. The molecule has 0 saturated carbocycles. The number of aliphatic hydroxyl groups excluding tert-OH is 1. The Morgan fingerprint density at radius 1 is 1.26 bits per heavy atom. The maximum absolute atomic E-state index is 12.3. The highest BCUT2D eigenvalue weighted by atomic mass is 16.5. The van der Waals surface area contributed by atoms with Crippen molar-refractivity contribution in [1.29, 1.82) is 0 Å². The van der Waals surface area contributed by atoms with Gasteiger partial charge in [0.05, 0.1) is 25.2 Å². The Bertz CT molecular complexity index is 978. The maximum atomic E-state index is 12.3. The average molecular weight is 367 g/mol. The Morgan fingerprint density at radius 3 is 2.74 bits per heavy atom. The normalized spacial score (nSPS) is 12.3. The molecular weight excluding hydrogens is 342 g/mol. The molecule has 0 aliphatic carbocycles.